The summed E-state index contributed by atoms with van der Waals surface area (Å²) >= 11 is 0. The van der Waals surface area contributed by atoms with Crippen molar-refractivity contribution in [3.8, 4) is 6.07 Å². The molecule has 0 fully saturated rings. The van der Waals surface area contributed by atoms with E-state index in [1.54, 1.807) is 0 Å². The van der Waals surface area contributed by atoms with Gasteiger partial charge in [0.15, 0.2) is 0 Å². The molecule has 1 aromatic carbocycles. The van der Waals surface area contributed by atoms with Crippen LogP contribution in [0.1, 0.15) is 31.1 Å². The Morgan fingerprint density at radius 2 is 2.00 bits per heavy atom. The van der Waals surface area contributed by atoms with Crippen molar-refractivity contribution >= 4 is 10.9 Å². The van der Waals surface area contributed by atoms with Crippen molar-refractivity contribution in [2.75, 3.05) is 0 Å². The van der Waals surface area contributed by atoms with Gasteiger partial charge in [0.1, 0.15) is 0 Å². The summed E-state index contributed by atoms with van der Waals surface area (Å²) < 4.78 is 2.26. The third-order valence-electron chi connectivity index (χ3n) is 2.68. The van der Waals surface area contributed by atoms with Gasteiger partial charge in [-0.15, -0.1) is 0 Å². The molecule has 1 heterocycles. The maximum absolute atomic E-state index is 8.87. The zero-order valence-corrected chi connectivity index (χ0v) is 9.28. The average molecular weight is 198 g/mol. The van der Waals surface area contributed by atoms with E-state index in [1.165, 1.54) is 11.1 Å². The lowest BCUT2D eigenvalue weighted by Crippen LogP contribution is -2.01. The molecule has 1 aromatic heterocycles. The molecule has 2 aromatic rings. The Balaban J connectivity index is 2.79. The van der Waals surface area contributed by atoms with E-state index in [1.807, 2.05) is 18.2 Å². The van der Waals surface area contributed by atoms with Gasteiger partial charge in [-0.1, -0.05) is 6.07 Å². The summed E-state index contributed by atoms with van der Waals surface area (Å²) in [7, 11) is 0. The molecule has 0 atom stereocenters. The normalized spacial score (nSPS) is 10.9. The Bertz CT molecular complexity index is 541. The largest absolute Gasteiger partial charge is 0.342 e. The number of rotatable bonds is 1. The van der Waals surface area contributed by atoms with E-state index in [0.29, 0.717) is 6.04 Å². The van der Waals surface area contributed by atoms with Crippen molar-refractivity contribution in [1.29, 1.82) is 5.26 Å². The maximum atomic E-state index is 8.87. The number of aryl methyl sites for hydroxylation is 1. The summed E-state index contributed by atoms with van der Waals surface area (Å²) in [6, 6.07) is 10.6. The van der Waals surface area contributed by atoms with Crippen LogP contribution in [-0.4, -0.2) is 4.57 Å². The van der Waals surface area contributed by atoms with Gasteiger partial charge in [0, 0.05) is 17.3 Å². The van der Waals surface area contributed by atoms with Crippen molar-refractivity contribution in [3.63, 3.8) is 0 Å². The molecule has 0 radical (unpaired) electrons. The first-order valence-corrected chi connectivity index (χ1v) is 5.15. The summed E-state index contributed by atoms with van der Waals surface area (Å²) in [5.41, 5.74) is 3.12. The lowest BCUT2D eigenvalue weighted by molar-refractivity contribution is 0.608. The summed E-state index contributed by atoms with van der Waals surface area (Å²) in [5.74, 6) is 0. The highest BCUT2D eigenvalue weighted by atomic mass is 15.0. The minimum Gasteiger partial charge on any atom is -0.342 e. The van der Waals surface area contributed by atoms with Gasteiger partial charge in [-0.25, -0.2) is 0 Å². The topological polar surface area (TPSA) is 28.7 Å². The molecular formula is C13H14N2. The zero-order chi connectivity index (χ0) is 11.0. The molecule has 2 nitrogen and oxygen atoms in total. The van der Waals surface area contributed by atoms with Crippen LogP contribution in [0.3, 0.4) is 0 Å². The van der Waals surface area contributed by atoms with E-state index < -0.39 is 0 Å². The van der Waals surface area contributed by atoms with E-state index in [2.05, 4.69) is 37.5 Å². The van der Waals surface area contributed by atoms with E-state index in [0.717, 1.165) is 11.1 Å². The van der Waals surface area contributed by atoms with Gasteiger partial charge in [0.05, 0.1) is 11.6 Å². The summed E-state index contributed by atoms with van der Waals surface area (Å²) in [6.45, 7) is 6.42. The van der Waals surface area contributed by atoms with Crippen LogP contribution in [-0.2, 0) is 0 Å². The second kappa shape index (κ2) is 3.43. The van der Waals surface area contributed by atoms with Crippen molar-refractivity contribution in [3.05, 3.63) is 35.5 Å². The molecule has 15 heavy (non-hydrogen) atoms. The van der Waals surface area contributed by atoms with Crippen molar-refractivity contribution in [2.45, 2.75) is 26.8 Å². The fourth-order valence-corrected chi connectivity index (χ4v) is 2.11. The second-order valence-electron chi connectivity index (χ2n) is 4.13. The molecule has 0 unspecified atom stereocenters. The molecule has 0 N–H and O–H groups in total. The first-order valence-electron chi connectivity index (χ1n) is 5.15. The molecule has 76 valence electrons. The fourth-order valence-electron chi connectivity index (χ4n) is 2.11. The Morgan fingerprint density at radius 3 is 2.60 bits per heavy atom. The lowest BCUT2D eigenvalue weighted by Gasteiger charge is -2.12. The molecule has 0 aliphatic rings. The molecule has 0 bridgehead atoms. The molecule has 0 aliphatic heterocycles. The van der Waals surface area contributed by atoms with E-state index in [-0.39, 0.29) is 0 Å². The van der Waals surface area contributed by atoms with E-state index in [9.17, 15) is 0 Å². The van der Waals surface area contributed by atoms with Gasteiger partial charge in [-0.2, -0.15) is 5.26 Å². The first-order chi connectivity index (χ1) is 7.13. The second-order valence-corrected chi connectivity index (χ2v) is 4.13. The van der Waals surface area contributed by atoms with Crippen LogP contribution in [0, 0.1) is 18.3 Å². The number of hydrogen-bond donors (Lipinski definition) is 0. The van der Waals surface area contributed by atoms with Crippen molar-refractivity contribution < 1.29 is 0 Å². The Kier molecular flexibility index (Phi) is 2.24. The highest BCUT2D eigenvalue weighted by Gasteiger charge is 2.08. The zero-order valence-electron chi connectivity index (χ0n) is 9.28. The Morgan fingerprint density at radius 1 is 1.27 bits per heavy atom. The van der Waals surface area contributed by atoms with Crippen LogP contribution in [0.15, 0.2) is 24.3 Å². The van der Waals surface area contributed by atoms with E-state index in [4.69, 9.17) is 5.26 Å². The smallest absolute Gasteiger partial charge is 0.0992 e. The SMILES string of the molecule is Cc1cc2ccc(C#N)cc2n1C(C)C. The average Bonchev–Trinajstić information content (AvgIpc) is 2.52. The molecule has 0 aliphatic carbocycles. The third kappa shape index (κ3) is 1.50. The molecule has 2 heteroatoms. The van der Waals surface area contributed by atoms with Gasteiger partial charge in [0.25, 0.3) is 0 Å². The van der Waals surface area contributed by atoms with Crippen LogP contribution in [0.2, 0.25) is 0 Å². The predicted octanol–water partition coefficient (Wildman–Crippen LogP) is 3.40. The summed E-state index contributed by atoms with van der Waals surface area (Å²) in [5, 5.41) is 10.1. The van der Waals surface area contributed by atoms with Crippen molar-refractivity contribution in [1.82, 2.24) is 4.57 Å². The Labute approximate surface area is 89.7 Å². The minimum atomic E-state index is 0.427. The van der Waals surface area contributed by atoms with Gasteiger partial charge in [0.2, 0.25) is 0 Å². The Hall–Kier alpha value is -1.75. The lowest BCUT2D eigenvalue weighted by atomic mass is 10.2. The monoisotopic (exact) mass is 198 g/mol. The van der Waals surface area contributed by atoms with Gasteiger partial charge in [-0.3, -0.25) is 0 Å². The fraction of sp³-hybridized carbons (Fsp3) is 0.308. The molecule has 2 rings (SSSR count). The van der Waals surface area contributed by atoms with Crippen LogP contribution < -0.4 is 0 Å². The van der Waals surface area contributed by atoms with Gasteiger partial charge >= 0.3 is 0 Å². The molecule has 0 amide bonds. The summed E-state index contributed by atoms with van der Waals surface area (Å²) in [4.78, 5) is 0. The number of benzene rings is 1. The number of hydrogen-bond acceptors (Lipinski definition) is 1. The molecule has 0 saturated carbocycles. The number of nitriles is 1. The minimum absolute atomic E-state index is 0.427. The maximum Gasteiger partial charge on any atom is 0.0992 e. The quantitative estimate of drug-likeness (QED) is 0.690. The number of nitrogens with zero attached hydrogens (tertiary/aromatic N) is 2. The van der Waals surface area contributed by atoms with E-state index >= 15 is 0 Å². The highest BCUT2D eigenvalue weighted by molar-refractivity contribution is 5.82. The molecule has 0 saturated heterocycles. The van der Waals surface area contributed by atoms with Crippen LogP contribution >= 0.6 is 0 Å². The first kappa shape index (κ1) is 9.79. The standard InChI is InChI=1S/C13H14N2/c1-9(2)15-10(3)6-12-5-4-11(8-14)7-13(12)15/h4-7,9H,1-3H3. The predicted molar refractivity (Wildman–Crippen MR) is 61.8 cm³/mol. The van der Waals surface area contributed by atoms with Crippen LogP contribution in [0.5, 0.6) is 0 Å². The van der Waals surface area contributed by atoms with Crippen LogP contribution in [0.25, 0.3) is 10.9 Å². The van der Waals surface area contributed by atoms with Crippen molar-refractivity contribution in [2.24, 2.45) is 0 Å². The van der Waals surface area contributed by atoms with Gasteiger partial charge in [-0.05, 0) is 44.4 Å². The number of fused-ring (bicyclic) bond motifs is 1. The van der Waals surface area contributed by atoms with Crippen LogP contribution in [0.4, 0.5) is 0 Å². The molecule has 0 spiro atoms. The summed E-state index contributed by atoms with van der Waals surface area (Å²) in [6.07, 6.45) is 0. The highest BCUT2D eigenvalue weighted by Crippen LogP contribution is 2.24. The third-order valence-corrected chi connectivity index (χ3v) is 2.68. The van der Waals surface area contributed by atoms with Gasteiger partial charge < -0.3 is 4.57 Å². The number of aromatic nitrogens is 1. The molecular weight excluding hydrogens is 184 g/mol.